The van der Waals surface area contributed by atoms with Crippen LogP contribution in [0.4, 0.5) is 11.6 Å². The third-order valence-corrected chi connectivity index (χ3v) is 7.17. The van der Waals surface area contributed by atoms with E-state index in [2.05, 4.69) is 57.5 Å². The standard InChI is InChI=1S/C27H32ClN7OS/c1-18-6-5-7-19(2)26(18)23-15-25(32-27(31-23)33-37-21(16-29)17-30-3)36-20-8-9-24(22(28)14-20)35-12-10-34(4)11-13-35/h5-9,14-17H,10-13,29H2,1-4H3,(H,31,32,33)/b21-16+,30-17?. The summed E-state index contributed by atoms with van der Waals surface area (Å²) in [5.41, 5.74) is 10.7. The molecule has 0 unspecified atom stereocenters. The fourth-order valence-corrected chi connectivity index (χ4v) is 5.00. The molecule has 0 radical (unpaired) electrons. The number of ether oxygens (including phenoxy) is 1. The second-order valence-corrected chi connectivity index (χ2v) is 10.1. The first-order valence-corrected chi connectivity index (χ1v) is 13.2. The lowest BCUT2D eigenvalue weighted by Crippen LogP contribution is -2.44. The zero-order valence-corrected chi connectivity index (χ0v) is 23.1. The number of aryl methyl sites for hydroxylation is 2. The predicted octanol–water partition coefficient (Wildman–Crippen LogP) is 5.52. The average Bonchev–Trinajstić information content (AvgIpc) is 2.87. The number of aromatic nitrogens is 2. The van der Waals surface area contributed by atoms with E-state index in [0.717, 1.165) is 59.2 Å². The lowest BCUT2D eigenvalue weighted by atomic mass is 10.00. The Morgan fingerprint density at radius 1 is 1.11 bits per heavy atom. The van der Waals surface area contributed by atoms with Gasteiger partial charge in [0.15, 0.2) is 0 Å². The van der Waals surface area contributed by atoms with Gasteiger partial charge < -0.3 is 20.3 Å². The number of benzene rings is 2. The minimum atomic E-state index is 0.393. The molecule has 1 aliphatic rings. The highest BCUT2D eigenvalue weighted by molar-refractivity contribution is 8.05. The zero-order chi connectivity index (χ0) is 26.4. The number of nitrogens with two attached hydrogens (primary N) is 1. The third kappa shape index (κ3) is 6.74. The molecule has 194 valence electrons. The van der Waals surface area contributed by atoms with E-state index >= 15 is 0 Å². The van der Waals surface area contributed by atoms with E-state index in [0.29, 0.717) is 22.6 Å². The highest BCUT2D eigenvalue weighted by atomic mass is 35.5. The summed E-state index contributed by atoms with van der Waals surface area (Å²) in [6.45, 7) is 8.03. The van der Waals surface area contributed by atoms with Crippen LogP contribution in [-0.2, 0) is 0 Å². The van der Waals surface area contributed by atoms with Gasteiger partial charge in [-0.2, -0.15) is 4.98 Å². The van der Waals surface area contributed by atoms with Crippen LogP contribution in [0.15, 0.2) is 58.6 Å². The summed E-state index contributed by atoms with van der Waals surface area (Å²) in [6.07, 6.45) is 3.13. The Morgan fingerprint density at radius 3 is 2.49 bits per heavy atom. The van der Waals surface area contributed by atoms with E-state index in [9.17, 15) is 0 Å². The number of rotatable bonds is 8. The topological polar surface area (TPSA) is 91.9 Å². The van der Waals surface area contributed by atoms with Gasteiger partial charge in [0.25, 0.3) is 0 Å². The van der Waals surface area contributed by atoms with Crippen molar-refractivity contribution in [2.24, 2.45) is 10.7 Å². The maximum absolute atomic E-state index is 6.68. The van der Waals surface area contributed by atoms with Crippen LogP contribution in [0.3, 0.4) is 0 Å². The van der Waals surface area contributed by atoms with Crippen molar-refractivity contribution in [1.82, 2.24) is 14.9 Å². The molecule has 0 bridgehead atoms. The number of halogens is 1. The summed E-state index contributed by atoms with van der Waals surface area (Å²) in [6, 6.07) is 13.8. The van der Waals surface area contributed by atoms with Gasteiger partial charge in [-0.15, -0.1) is 0 Å². The predicted molar refractivity (Wildman–Crippen MR) is 156 cm³/mol. The first-order valence-electron chi connectivity index (χ1n) is 12.0. The minimum absolute atomic E-state index is 0.393. The molecular weight excluding hydrogens is 506 g/mol. The van der Waals surface area contributed by atoms with Gasteiger partial charge in [0.05, 0.1) is 21.3 Å². The molecule has 1 saturated heterocycles. The summed E-state index contributed by atoms with van der Waals surface area (Å²) >= 11 is 7.95. The van der Waals surface area contributed by atoms with Gasteiger partial charge >= 0.3 is 0 Å². The zero-order valence-electron chi connectivity index (χ0n) is 21.5. The molecule has 2 heterocycles. The van der Waals surface area contributed by atoms with Gasteiger partial charge in [0, 0.05) is 63.3 Å². The number of aliphatic imine (C=N–C) groups is 1. The number of piperazine rings is 1. The Bertz CT molecular complexity index is 1290. The summed E-state index contributed by atoms with van der Waals surface area (Å²) in [5, 5.41) is 0.650. The molecule has 8 nitrogen and oxygen atoms in total. The highest BCUT2D eigenvalue weighted by Gasteiger charge is 2.18. The van der Waals surface area contributed by atoms with Gasteiger partial charge in [0.1, 0.15) is 5.75 Å². The third-order valence-electron chi connectivity index (χ3n) is 6.11. The van der Waals surface area contributed by atoms with Crippen LogP contribution < -0.4 is 20.1 Å². The van der Waals surface area contributed by atoms with Gasteiger partial charge in [0.2, 0.25) is 11.8 Å². The van der Waals surface area contributed by atoms with Crippen LogP contribution in [0.5, 0.6) is 11.6 Å². The monoisotopic (exact) mass is 537 g/mol. The molecule has 37 heavy (non-hydrogen) atoms. The van der Waals surface area contributed by atoms with Crippen LogP contribution >= 0.6 is 23.5 Å². The van der Waals surface area contributed by atoms with E-state index in [1.54, 1.807) is 13.3 Å². The number of hydrogen-bond acceptors (Lipinski definition) is 9. The quantitative estimate of drug-likeness (QED) is 0.287. The minimum Gasteiger partial charge on any atom is -0.439 e. The summed E-state index contributed by atoms with van der Waals surface area (Å²) < 4.78 is 9.37. The van der Waals surface area contributed by atoms with E-state index in [-0.39, 0.29) is 0 Å². The highest BCUT2D eigenvalue weighted by Crippen LogP contribution is 2.34. The molecule has 3 aromatic rings. The molecule has 1 aromatic heterocycles. The molecule has 4 rings (SSSR count). The number of nitrogens with zero attached hydrogens (tertiary/aromatic N) is 5. The second-order valence-electron chi connectivity index (χ2n) is 8.85. The fourth-order valence-electron chi connectivity index (χ4n) is 4.18. The smallest absolute Gasteiger partial charge is 0.237 e. The summed E-state index contributed by atoms with van der Waals surface area (Å²) in [5.74, 6) is 1.40. The maximum atomic E-state index is 6.68. The van der Waals surface area contributed by atoms with E-state index in [4.69, 9.17) is 27.1 Å². The van der Waals surface area contributed by atoms with Crippen LogP contribution in [0.25, 0.3) is 11.3 Å². The Hall–Kier alpha value is -3.27. The fraction of sp³-hybridized carbons (Fsp3) is 0.296. The average molecular weight is 538 g/mol. The van der Waals surface area contributed by atoms with Crippen LogP contribution in [-0.4, -0.2) is 61.4 Å². The summed E-state index contributed by atoms with van der Waals surface area (Å²) in [4.78, 5) is 18.7. The molecular formula is C27H32ClN7OS. The Kier molecular flexibility index (Phi) is 8.91. The van der Waals surface area contributed by atoms with Crippen LogP contribution in [0.1, 0.15) is 11.1 Å². The van der Waals surface area contributed by atoms with Crippen molar-refractivity contribution in [3.63, 3.8) is 0 Å². The van der Waals surface area contributed by atoms with E-state index < -0.39 is 0 Å². The first kappa shape index (κ1) is 26.8. The molecule has 0 saturated carbocycles. The largest absolute Gasteiger partial charge is 0.439 e. The normalized spacial score (nSPS) is 14.8. The van der Waals surface area contributed by atoms with Crippen molar-refractivity contribution in [2.75, 3.05) is 49.9 Å². The number of allylic oxidation sites excluding steroid dienone is 1. The van der Waals surface area contributed by atoms with Crippen molar-refractivity contribution in [3.05, 3.63) is 69.7 Å². The van der Waals surface area contributed by atoms with Gasteiger partial charge in [-0.3, -0.25) is 9.71 Å². The van der Waals surface area contributed by atoms with Crippen molar-refractivity contribution < 1.29 is 4.74 Å². The molecule has 1 fully saturated rings. The van der Waals surface area contributed by atoms with Crippen molar-refractivity contribution in [3.8, 4) is 22.9 Å². The van der Waals surface area contributed by atoms with Crippen molar-refractivity contribution in [1.29, 1.82) is 0 Å². The van der Waals surface area contributed by atoms with Crippen molar-refractivity contribution >= 4 is 41.4 Å². The lowest BCUT2D eigenvalue weighted by Gasteiger charge is -2.34. The molecule has 0 spiro atoms. The Labute approximate surface area is 227 Å². The summed E-state index contributed by atoms with van der Waals surface area (Å²) in [7, 11) is 3.82. The maximum Gasteiger partial charge on any atom is 0.237 e. The molecule has 0 atom stereocenters. The van der Waals surface area contributed by atoms with Crippen LogP contribution in [0, 0.1) is 13.8 Å². The van der Waals surface area contributed by atoms with Gasteiger partial charge in [-0.1, -0.05) is 29.8 Å². The van der Waals surface area contributed by atoms with Crippen molar-refractivity contribution in [2.45, 2.75) is 13.8 Å². The molecule has 1 aliphatic heterocycles. The van der Waals surface area contributed by atoms with Gasteiger partial charge in [-0.25, -0.2) is 4.98 Å². The van der Waals surface area contributed by atoms with Crippen LogP contribution in [0.2, 0.25) is 5.02 Å². The molecule has 2 aromatic carbocycles. The number of likely N-dealkylation sites (N-methyl/N-ethyl adjacent to an activating group) is 1. The Balaban J connectivity index is 1.64. The number of anilines is 2. The molecule has 10 heteroatoms. The first-order chi connectivity index (χ1) is 17.9. The van der Waals surface area contributed by atoms with Gasteiger partial charge in [-0.05, 0) is 56.1 Å². The molecule has 0 aliphatic carbocycles. The lowest BCUT2D eigenvalue weighted by molar-refractivity contribution is 0.313. The number of hydrogen-bond donors (Lipinski definition) is 2. The van der Waals surface area contributed by atoms with E-state index in [1.165, 1.54) is 18.1 Å². The van der Waals surface area contributed by atoms with E-state index in [1.807, 2.05) is 30.3 Å². The molecule has 3 N–H and O–H groups in total. The number of nitrogens with one attached hydrogen (secondary N) is 1. The molecule has 0 amide bonds. The Morgan fingerprint density at radius 2 is 1.84 bits per heavy atom. The SMILES string of the molecule is CN=C/C(=C\N)SNc1nc(Oc2ccc(N3CCN(C)CC3)c(Cl)c2)cc(-c2c(C)cccc2C)n1. The second kappa shape index (κ2) is 12.3.